The lowest BCUT2D eigenvalue weighted by atomic mass is 10.1. The Balaban J connectivity index is 1.69. The highest BCUT2D eigenvalue weighted by Gasteiger charge is 2.12. The molecule has 6 nitrogen and oxygen atoms in total. The molecule has 1 fully saturated rings. The summed E-state index contributed by atoms with van der Waals surface area (Å²) in [6.45, 7) is 5.13. The fraction of sp³-hybridized carbons (Fsp3) is 0.667. The third-order valence-electron chi connectivity index (χ3n) is 2.91. The van der Waals surface area contributed by atoms with E-state index in [1.807, 2.05) is 0 Å². The number of anilines is 1. The fourth-order valence-corrected chi connectivity index (χ4v) is 2.04. The molecule has 1 aromatic heterocycles. The third kappa shape index (κ3) is 4.12. The van der Waals surface area contributed by atoms with E-state index < -0.39 is 0 Å². The van der Waals surface area contributed by atoms with Gasteiger partial charge in [0.1, 0.15) is 11.6 Å². The SMILES string of the molecule is Cc1nc(NCCOC2CCNCC2)cc(=O)[nH]1. The minimum absolute atomic E-state index is 0.135. The van der Waals surface area contributed by atoms with Crippen molar-refractivity contribution < 1.29 is 4.74 Å². The van der Waals surface area contributed by atoms with Crippen LogP contribution in [0.15, 0.2) is 10.9 Å². The molecule has 0 bridgehead atoms. The van der Waals surface area contributed by atoms with Crippen LogP contribution in [0.1, 0.15) is 18.7 Å². The Kier molecular flexibility index (Phi) is 4.72. The summed E-state index contributed by atoms with van der Waals surface area (Å²) in [5.74, 6) is 1.22. The molecule has 0 amide bonds. The van der Waals surface area contributed by atoms with Gasteiger partial charge in [-0.25, -0.2) is 4.98 Å². The molecule has 0 aliphatic carbocycles. The highest BCUT2D eigenvalue weighted by atomic mass is 16.5. The highest BCUT2D eigenvalue weighted by Crippen LogP contribution is 2.06. The van der Waals surface area contributed by atoms with E-state index in [-0.39, 0.29) is 5.56 Å². The minimum atomic E-state index is -0.135. The lowest BCUT2D eigenvalue weighted by Gasteiger charge is -2.22. The predicted molar refractivity (Wildman–Crippen MR) is 69.9 cm³/mol. The molecular formula is C12H20N4O2. The lowest BCUT2D eigenvalue weighted by molar-refractivity contribution is 0.0394. The standard InChI is InChI=1S/C12H20N4O2/c1-9-15-11(8-12(17)16-9)14-6-7-18-10-2-4-13-5-3-10/h8,10,13H,2-7H2,1H3,(H2,14,15,16,17). The second kappa shape index (κ2) is 6.51. The van der Waals surface area contributed by atoms with E-state index >= 15 is 0 Å². The summed E-state index contributed by atoms with van der Waals surface area (Å²) in [5, 5.41) is 6.39. The Morgan fingerprint density at radius 2 is 2.28 bits per heavy atom. The van der Waals surface area contributed by atoms with E-state index in [9.17, 15) is 4.79 Å². The smallest absolute Gasteiger partial charge is 0.252 e. The number of ether oxygens (including phenoxy) is 1. The van der Waals surface area contributed by atoms with Gasteiger partial charge < -0.3 is 20.4 Å². The number of aromatic amines is 1. The zero-order chi connectivity index (χ0) is 12.8. The number of nitrogens with zero attached hydrogens (tertiary/aromatic N) is 1. The zero-order valence-corrected chi connectivity index (χ0v) is 10.7. The minimum Gasteiger partial charge on any atom is -0.376 e. The predicted octanol–water partition coefficient (Wildman–Crippen LogP) is 0.259. The third-order valence-corrected chi connectivity index (χ3v) is 2.91. The van der Waals surface area contributed by atoms with Gasteiger partial charge in [-0.15, -0.1) is 0 Å². The van der Waals surface area contributed by atoms with Crippen LogP contribution in [0.5, 0.6) is 0 Å². The number of hydrogen-bond acceptors (Lipinski definition) is 5. The number of rotatable bonds is 5. The number of piperidine rings is 1. The van der Waals surface area contributed by atoms with Crippen LogP contribution in [-0.4, -0.2) is 42.3 Å². The molecule has 0 spiro atoms. The fourth-order valence-electron chi connectivity index (χ4n) is 2.04. The van der Waals surface area contributed by atoms with Gasteiger partial charge in [-0.2, -0.15) is 0 Å². The van der Waals surface area contributed by atoms with Crippen molar-refractivity contribution >= 4 is 5.82 Å². The van der Waals surface area contributed by atoms with Crippen molar-refractivity contribution in [1.82, 2.24) is 15.3 Å². The lowest BCUT2D eigenvalue weighted by Crippen LogP contribution is -2.33. The van der Waals surface area contributed by atoms with Gasteiger partial charge in [0.25, 0.3) is 5.56 Å². The molecule has 2 rings (SSSR count). The normalized spacial score (nSPS) is 16.7. The Hall–Kier alpha value is -1.40. The Morgan fingerprint density at radius 3 is 3.00 bits per heavy atom. The molecule has 1 saturated heterocycles. The van der Waals surface area contributed by atoms with Gasteiger partial charge in [0.05, 0.1) is 12.7 Å². The molecular weight excluding hydrogens is 232 g/mol. The first-order valence-electron chi connectivity index (χ1n) is 6.38. The Bertz CT molecular complexity index is 426. The van der Waals surface area contributed by atoms with E-state index in [1.54, 1.807) is 6.92 Å². The second-order valence-electron chi connectivity index (χ2n) is 4.46. The van der Waals surface area contributed by atoms with Crippen LogP contribution in [0.2, 0.25) is 0 Å². The monoisotopic (exact) mass is 252 g/mol. The van der Waals surface area contributed by atoms with Crippen molar-refractivity contribution in [2.45, 2.75) is 25.9 Å². The highest BCUT2D eigenvalue weighted by molar-refractivity contribution is 5.32. The summed E-state index contributed by atoms with van der Waals surface area (Å²) in [6.07, 6.45) is 2.51. The molecule has 0 atom stereocenters. The molecule has 1 aliphatic heterocycles. The average molecular weight is 252 g/mol. The van der Waals surface area contributed by atoms with Gasteiger partial charge in [-0.05, 0) is 32.9 Å². The van der Waals surface area contributed by atoms with Crippen LogP contribution >= 0.6 is 0 Å². The number of hydrogen-bond donors (Lipinski definition) is 3. The Morgan fingerprint density at radius 1 is 1.50 bits per heavy atom. The summed E-state index contributed by atoms with van der Waals surface area (Å²) < 4.78 is 5.75. The Labute approximate surface area is 106 Å². The quantitative estimate of drug-likeness (QED) is 0.655. The van der Waals surface area contributed by atoms with Crippen LogP contribution in [0.3, 0.4) is 0 Å². The molecule has 6 heteroatoms. The van der Waals surface area contributed by atoms with Crippen molar-refractivity contribution in [3.8, 4) is 0 Å². The first-order valence-corrected chi connectivity index (χ1v) is 6.38. The van der Waals surface area contributed by atoms with E-state index in [2.05, 4.69) is 20.6 Å². The number of aryl methyl sites for hydroxylation is 1. The summed E-state index contributed by atoms with van der Waals surface area (Å²) in [7, 11) is 0. The van der Waals surface area contributed by atoms with E-state index in [0.29, 0.717) is 30.9 Å². The number of nitrogens with one attached hydrogen (secondary N) is 3. The molecule has 0 aromatic carbocycles. The van der Waals surface area contributed by atoms with Crippen LogP contribution in [0.25, 0.3) is 0 Å². The summed E-state index contributed by atoms with van der Waals surface area (Å²) >= 11 is 0. The van der Waals surface area contributed by atoms with Crippen molar-refractivity contribution in [3.05, 3.63) is 22.2 Å². The summed E-state index contributed by atoms with van der Waals surface area (Å²) in [5.41, 5.74) is -0.135. The molecule has 1 aromatic rings. The van der Waals surface area contributed by atoms with Crippen LogP contribution in [0, 0.1) is 6.92 Å². The topological polar surface area (TPSA) is 79.0 Å². The average Bonchev–Trinajstić information content (AvgIpc) is 2.35. The number of H-pyrrole nitrogens is 1. The first-order chi connectivity index (χ1) is 8.74. The van der Waals surface area contributed by atoms with Crippen LogP contribution in [0.4, 0.5) is 5.82 Å². The largest absolute Gasteiger partial charge is 0.376 e. The maximum atomic E-state index is 11.2. The van der Waals surface area contributed by atoms with Gasteiger partial charge in [0, 0.05) is 12.6 Å². The summed E-state index contributed by atoms with van der Waals surface area (Å²) in [4.78, 5) is 18.0. The van der Waals surface area contributed by atoms with Gasteiger partial charge in [-0.1, -0.05) is 0 Å². The van der Waals surface area contributed by atoms with E-state index in [4.69, 9.17) is 4.74 Å². The van der Waals surface area contributed by atoms with E-state index in [1.165, 1.54) is 6.07 Å². The molecule has 3 N–H and O–H groups in total. The molecule has 0 saturated carbocycles. The summed E-state index contributed by atoms with van der Waals surface area (Å²) in [6, 6.07) is 1.46. The van der Waals surface area contributed by atoms with Gasteiger partial charge in [-0.3, -0.25) is 4.79 Å². The maximum absolute atomic E-state index is 11.2. The van der Waals surface area contributed by atoms with Crippen molar-refractivity contribution in [3.63, 3.8) is 0 Å². The van der Waals surface area contributed by atoms with Crippen LogP contribution in [-0.2, 0) is 4.74 Å². The molecule has 18 heavy (non-hydrogen) atoms. The first kappa shape index (κ1) is 13.0. The van der Waals surface area contributed by atoms with Crippen molar-refractivity contribution in [2.75, 3.05) is 31.6 Å². The zero-order valence-electron chi connectivity index (χ0n) is 10.7. The van der Waals surface area contributed by atoms with Crippen molar-refractivity contribution in [1.29, 1.82) is 0 Å². The molecule has 1 aliphatic rings. The van der Waals surface area contributed by atoms with Gasteiger partial charge >= 0.3 is 0 Å². The molecule has 100 valence electrons. The molecule has 0 radical (unpaired) electrons. The van der Waals surface area contributed by atoms with E-state index in [0.717, 1.165) is 25.9 Å². The van der Waals surface area contributed by atoms with Crippen molar-refractivity contribution in [2.24, 2.45) is 0 Å². The van der Waals surface area contributed by atoms with Gasteiger partial charge in [0.2, 0.25) is 0 Å². The molecule has 2 heterocycles. The maximum Gasteiger partial charge on any atom is 0.252 e. The molecule has 0 unspecified atom stereocenters. The van der Waals surface area contributed by atoms with Gasteiger partial charge in [0.15, 0.2) is 0 Å². The second-order valence-corrected chi connectivity index (χ2v) is 4.46. The van der Waals surface area contributed by atoms with Crippen LogP contribution < -0.4 is 16.2 Å². The number of aromatic nitrogens is 2.